The number of hydrogen-bond acceptors (Lipinski definition) is 11. The third-order valence-corrected chi connectivity index (χ3v) is 5.34. The van der Waals surface area contributed by atoms with Crippen molar-refractivity contribution in [1.29, 1.82) is 0 Å². The Morgan fingerprint density at radius 1 is 0.938 bits per heavy atom. The van der Waals surface area contributed by atoms with Crippen LogP contribution in [0.25, 0.3) is 6.08 Å². The van der Waals surface area contributed by atoms with E-state index in [1.807, 2.05) is 19.1 Å². The Morgan fingerprint density at radius 2 is 1.66 bits per heavy atom. The van der Waals surface area contributed by atoms with Crippen LogP contribution in [0.3, 0.4) is 0 Å². The lowest BCUT2D eigenvalue weighted by molar-refractivity contribution is -0.307. The zero-order valence-electron chi connectivity index (χ0n) is 17.7. The molecule has 2 aliphatic heterocycles. The number of aliphatic hydroxyl groups excluding tert-OH is 6. The van der Waals surface area contributed by atoms with Crippen LogP contribution in [0.4, 0.5) is 0 Å². The number of benzene rings is 1. The topological polar surface area (TPSA) is 168 Å². The van der Waals surface area contributed by atoms with Crippen LogP contribution < -0.4 is 9.47 Å². The molecule has 11 heteroatoms. The smallest absolute Gasteiger partial charge is 0.229 e. The highest BCUT2D eigenvalue weighted by Crippen LogP contribution is 2.32. The maximum atomic E-state index is 10.3. The van der Waals surface area contributed by atoms with E-state index >= 15 is 0 Å². The fourth-order valence-corrected chi connectivity index (χ4v) is 3.47. The van der Waals surface area contributed by atoms with E-state index in [1.54, 1.807) is 18.2 Å². The number of aliphatic hydroxyl groups is 6. The van der Waals surface area contributed by atoms with Crippen molar-refractivity contribution < 1.29 is 54.3 Å². The third-order valence-electron chi connectivity index (χ3n) is 5.34. The van der Waals surface area contributed by atoms with Crippen molar-refractivity contribution in [3.63, 3.8) is 0 Å². The van der Waals surface area contributed by atoms with Crippen molar-refractivity contribution in [3.8, 4) is 11.5 Å². The quantitative estimate of drug-likeness (QED) is 0.278. The van der Waals surface area contributed by atoms with Gasteiger partial charge in [0.25, 0.3) is 0 Å². The van der Waals surface area contributed by atoms with Crippen LogP contribution in [0.5, 0.6) is 11.5 Å². The molecule has 32 heavy (non-hydrogen) atoms. The van der Waals surface area contributed by atoms with E-state index in [0.717, 1.165) is 5.56 Å². The first-order chi connectivity index (χ1) is 15.3. The average molecular weight is 458 g/mol. The number of allylic oxidation sites excluding steroid dienone is 1. The minimum absolute atomic E-state index is 0.246. The Kier molecular flexibility index (Phi) is 8.44. The van der Waals surface area contributed by atoms with E-state index in [-0.39, 0.29) is 19.0 Å². The molecule has 1 aromatic rings. The Bertz CT molecular complexity index is 772. The Labute approximate surface area is 185 Å². The molecule has 0 radical (unpaired) electrons. The number of methoxy groups -OCH3 is 1. The van der Waals surface area contributed by atoms with Gasteiger partial charge in [-0.15, -0.1) is 0 Å². The lowest BCUT2D eigenvalue weighted by atomic mass is 9.99. The molecular weight excluding hydrogens is 428 g/mol. The summed E-state index contributed by atoms with van der Waals surface area (Å²) in [4.78, 5) is 0. The number of ether oxygens (including phenoxy) is 5. The lowest BCUT2D eigenvalue weighted by Gasteiger charge is -2.41. The van der Waals surface area contributed by atoms with Gasteiger partial charge in [-0.25, -0.2) is 0 Å². The lowest BCUT2D eigenvalue weighted by Crippen LogP contribution is -2.61. The molecule has 0 amide bonds. The number of rotatable bonds is 7. The van der Waals surface area contributed by atoms with Crippen molar-refractivity contribution in [2.75, 3.05) is 20.3 Å². The predicted octanol–water partition coefficient (Wildman–Crippen LogP) is -1.63. The van der Waals surface area contributed by atoms with Gasteiger partial charge in [-0.3, -0.25) is 0 Å². The van der Waals surface area contributed by atoms with Gasteiger partial charge in [0.05, 0.1) is 20.3 Å². The summed E-state index contributed by atoms with van der Waals surface area (Å²) in [7, 11) is 1.45. The van der Waals surface area contributed by atoms with Crippen molar-refractivity contribution in [3.05, 3.63) is 29.8 Å². The molecule has 0 unspecified atom stereocenters. The van der Waals surface area contributed by atoms with Gasteiger partial charge >= 0.3 is 0 Å². The van der Waals surface area contributed by atoms with E-state index in [0.29, 0.717) is 5.75 Å². The highest BCUT2D eigenvalue weighted by Gasteiger charge is 2.46. The second kappa shape index (κ2) is 10.9. The standard InChI is InChI=1S/C21H30O11/c1-3-4-10-5-6-12(13(7-10)28-2)31-21-19(27)17(25)16(24)14(32-21)9-30-20-18(26)15(23)11(22)8-29-20/h3-7,11,14-27H,8-9H2,1-2H3/t11-,14+,15+,16+,17-,18-,19+,20+,21+/m0/s1. The molecule has 0 bridgehead atoms. The summed E-state index contributed by atoms with van der Waals surface area (Å²) in [5, 5.41) is 60.1. The van der Waals surface area contributed by atoms with Gasteiger partial charge in [0.2, 0.25) is 6.29 Å². The minimum atomic E-state index is -1.61. The van der Waals surface area contributed by atoms with E-state index in [4.69, 9.17) is 23.7 Å². The van der Waals surface area contributed by atoms with Crippen LogP contribution in [0.1, 0.15) is 12.5 Å². The zero-order chi connectivity index (χ0) is 23.4. The summed E-state index contributed by atoms with van der Waals surface area (Å²) < 4.78 is 27.2. The summed E-state index contributed by atoms with van der Waals surface area (Å²) in [5.74, 6) is 0.618. The normalized spacial score (nSPS) is 38.1. The molecule has 11 nitrogen and oxygen atoms in total. The Hall–Kier alpha value is -1.80. The summed E-state index contributed by atoms with van der Waals surface area (Å²) in [6.07, 6.45) is -9.05. The molecular formula is C21H30O11. The van der Waals surface area contributed by atoms with Gasteiger partial charge in [-0.05, 0) is 24.6 Å². The second-order valence-corrected chi connectivity index (χ2v) is 7.63. The predicted molar refractivity (Wildman–Crippen MR) is 109 cm³/mol. The third kappa shape index (κ3) is 5.39. The van der Waals surface area contributed by atoms with Crippen molar-refractivity contribution in [2.24, 2.45) is 0 Å². The molecule has 1 aromatic carbocycles. The highest BCUT2D eigenvalue weighted by molar-refractivity contribution is 5.55. The van der Waals surface area contributed by atoms with Crippen LogP contribution in [0, 0.1) is 0 Å². The Morgan fingerprint density at radius 3 is 2.34 bits per heavy atom. The summed E-state index contributed by atoms with van der Waals surface area (Å²) in [5.41, 5.74) is 0.863. The van der Waals surface area contributed by atoms with Gasteiger partial charge < -0.3 is 54.3 Å². The fraction of sp³-hybridized carbons (Fsp3) is 0.619. The maximum absolute atomic E-state index is 10.3. The summed E-state index contributed by atoms with van der Waals surface area (Å²) in [6.45, 7) is 1.25. The highest BCUT2D eigenvalue weighted by atomic mass is 16.7. The summed E-state index contributed by atoms with van der Waals surface area (Å²) in [6, 6.07) is 5.10. The van der Waals surface area contributed by atoms with E-state index in [2.05, 4.69) is 0 Å². The molecule has 2 aliphatic rings. The van der Waals surface area contributed by atoms with Gasteiger partial charge in [-0.2, -0.15) is 0 Å². The molecule has 0 saturated carbocycles. The summed E-state index contributed by atoms with van der Waals surface area (Å²) >= 11 is 0. The number of hydrogen-bond donors (Lipinski definition) is 6. The van der Waals surface area contributed by atoms with Gasteiger partial charge in [0, 0.05) is 0 Å². The minimum Gasteiger partial charge on any atom is -0.493 e. The van der Waals surface area contributed by atoms with E-state index < -0.39 is 55.3 Å². The van der Waals surface area contributed by atoms with Crippen LogP contribution in [-0.4, -0.2) is 106 Å². The van der Waals surface area contributed by atoms with E-state index in [1.165, 1.54) is 7.11 Å². The van der Waals surface area contributed by atoms with Crippen LogP contribution in [-0.2, 0) is 14.2 Å². The molecule has 9 atom stereocenters. The first-order valence-electron chi connectivity index (χ1n) is 10.2. The van der Waals surface area contributed by atoms with Gasteiger partial charge in [-0.1, -0.05) is 18.2 Å². The van der Waals surface area contributed by atoms with Crippen molar-refractivity contribution >= 4 is 6.08 Å². The van der Waals surface area contributed by atoms with Gasteiger partial charge in [0.15, 0.2) is 17.8 Å². The molecule has 2 fully saturated rings. The van der Waals surface area contributed by atoms with Crippen LogP contribution >= 0.6 is 0 Å². The van der Waals surface area contributed by atoms with Crippen LogP contribution in [0.15, 0.2) is 24.3 Å². The molecule has 0 aliphatic carbocycles. The molecule has 3 rings (SSSR count). The van der Waals surface area contributed by atoms with Crippen molar-refractivity contribution in [2.45, 2.75) is 62.2 Å². The zero-order valence-corrected chi connectivity index (χ0v) is 17.7. The largest absolute Gasteiger partial charge is 0.493 e. The van der Waals surface area contributed by atoms with Gasteiger partial charge in [0.1, 0.15) is 42.7 Å². The fourth-order valence-electron chi connectivity index (χ4n) is 3.47. The van der Waals surface area contributed by atoms with Crippen LogP contribution in [0.2, 0.25) is 0 Å². The first kappa shape index (κ1) is 24.8. The first-order valence-corrected chi connectivity index (χ1v) is 10.2. The molecule has 2 saturated heterocycles. The molecule has 6 N–H and O–H groups in total. The average Bonchev–Trinajstić information content (AvgIpc) is 2.79. The maximum Gasteiger partial charge on any atom is 0.229 e. The Balaban J connectivity index is 1.68. The monoisotopic (exact) mass is 458 g/mol. The molecule has 180 valence electrons. The molecule has 2 heterocycles. The van der Waals surface area contributed by atoms with E-state index in [9.17, 15) is 30.6 Å². The molecule has 0 aromatic heterocycles. The SMILES string of the molecule is CC=Cc1ccc(O[C@@H]2O[C@H](CO[C@H]3OC[C@H](O)[C@@H](O)[C@@H]3O)[C@@H](O)[C@H](O)[C@H]2O)c(OC)c1. The molecule has 0 spiro atoms. The van der Waals surface area contributed by atoms with Crippen molar-refractivity contribution in [1.82, 2.24) is 0 Å². The second-order valence-electron chi connectivity index (χ2n) is 7.63.